The minimum absolute atomic E-state index is 0.0443. The largest absolute Gasteiger partial charge is 0.415 e. The molecule has 22 heavy (non-hydrogen) atoms. The zero-order valence-electron chi connectivity index (χ0n) is 11.0. The summed E-state index contributed by atoms with van der Waals surface area (Å²) in [6.45, 7) is 0. The lowest BCUT2D eigenvalue weighted by Crippen LogP contribution is -1.88. The zero-order valence-corrected chi connectivity index (χ0v) is 12.5. The molecule has 1 aromatic carbocycles. The first-order chi connectivity index (χ1) is 10.6. The number of halogens is 1. The summed E-state index contributed by atoms with van der Waals surface area (Å²) in [6.07, 6.45) is 1.71. The molecule has 6 nitrogen and oxygen atoms in total. The third-order valence-corrected chi connectivity index (χ3v) is 3.74. The van der Waals surface area contributed by atoms with Crippen LogP contribution < -0.4 is 0 Å². The fraction of sp³-hybridized carbons (Fsp3) is 0. The molecule has 0 amide bonds. The number of benzene rings is 1. The number of hydrogen-bond donors (Lipinski definition) is 0. The Morgan fingerprint density at radius 1 is 1.36 bits per heavy atom. The highest BCUT2D eigenvalue weighted by atomic mass is 35.5. The normalized spacial score (nSPS) is 11.6. The predicted molar refractivity (Wildman–Crippen MR) is 84.4 cm³/mol. The van der Waals surface area contributed by atoms with Crippen molar-refractivity contribution in [3.05, 3.63) is 62.7 Å². The minimum Gasteiger partial charge on any atom is -0.415 e. The van der Waals surface area contributed by atoms with Gasteiger partial charge < -0.3 is 4.42 Å². The highest BCUT2D eigenvalue weighted by Gasteiger charge is 2.14. The van der Waals surface area contributed by atoms with Crippen molar-refractivity contribution in [1.29, 1.82) is 0 Å². The van der Waals surface area contributed by atoms with Gasteiger partial charge in [-0.25, -0.2) is 0 Å². The highest BCUT2D eigenvalue weighted by molar-refractivity contribution is 7.08. The quantitative estimate of drug-likeness (QED) is 0.520. The van der Waals surface area contributed by atoms with Crippen LogP contribution in [0.15, 0.2) is 45.5 Å². The van der Waals surface area contributed by atoms with Gasteiger partial charge in [0.2, 0.25) is 5.89 Å². The standard InChI is InChI=1S/C14H8ClN3O3S/c15-12(6-9-4-5-22-8-9)14-17-16-13(21-14)10-2-1-3-11(7-10)18(19)20/h1-8H/b12-6-. The molecule has 0 unspecified atom stereocenters. The van der Waals surface area contributed by atoms with Gasteiger partial charge in [-0.2, -0.15) is 11.3 Å². The molecule has 8 heteroatoms. The number of non-ortho nitro benzene ring substituents is 1. The second kappa shape index (κ2) is 6.08. The van der Waals surface area contributed by atoms with E-state index in [0.717, 1.165) is 5.56 Å². The Bertz CT molecular complexity index is 843. The summed E-state index contributed by atoms with van der Waals surface area (Å²) >= 11 is 7.69. The molecular weight excluding hydrogens is 326 g/mol. The van der Waals surface area contributed by atoms with Gasteiger partial charge in [0.05, 0.1) is 4.92 Å². The van der Waals surface area contributed by atoms with Crippen molar-refractivity contribution >= 4 is 39.7 Å². The van der Waals surface area contributed by atoms with Crippen LogP contribution in [0.1, 0.15) is 11.5 Å². The van der Waals surface area contributed by atoms with Crippen molar-refractivity contribution in [2.24, 2.45) is 0 Å². The maximum Gasteiger partial charge on any atom is 0.270 e. The Balaban J connectivity index is 1.91. The summed E-state index contributed by atoms with van der Waals surface area (Å²) in [7, 11) is 0. The van der Waals surface area contributed by atoms with E-state index in [1.807, 2.05) is 16.8 Å². The van der Waals surface area contributed by atoms with Gasteiger partial charge >= 0.3 is 0 Å². The molecule has 0 bridgehead atoms. The first-order valence-corrected chi connectivity index (χ1v) is 7.43. The molecular formula is C14H8ClN3O3S. The molecule has 0 fully saturated rings. The number of aromatic nitrogens is 2. The van der Waals surface area contributed by atoms with E-state index < -0.39 is 4.92 Å². The van der Waals surface area contributed by atoms with E-state index >= 15 is 0 Å². The Kier molecular flexibility index (Phi) is 3.99. The van der Waals surface area contributed by atoms with Crippen molar-refractivity contribution in [1.82, 2.24) is 10.2 Å². The maximum atomic E-state index is 10.8. The zero-order chi connectivity index (χ0) is 15.5. The number of nitro benzene ring substituents is 1. The van der Waals surface area contributed by atoms with E-state index in [0.29, 0.717) is 10.6 Å². The molecule has 0 aliphatic carbocycles. The molecule has 0 N–H and O–H groups in total. The molecule has 0 aliphatic heterocycles. The van der Waals surface area contributed by atoms with Crippen LogP contribution in [0, 0.1) is 10.1 Å². The Morgan fingerprint density at radius 3 is 2.95 bits per heavy atom. The smallest absolute Gasteiger partial charge is 0.270 e. The SMILES string of the molecule is O=[N+]([O-])c1cccc(-c2nnc(/C(Cl)=C/c3ccsc3)o2)c1. The van der Waals surface area contributed by atoms with E-state index in [2.05, 4.69) is 10.2 Å². The van der Waals surface area contributed by atoms with Gasteiger partial charge in [0.1, 0.15) is 5.03 Å². The summed E-state index contributed by atoms with van der Waals surface area (Å²) in [5, 5.41) is 22.7. The molecule has 3 rings (SSSR count). The molecule has 0 saturated carbocycles. The second-order valence-electron chi connectivity index (χ2n) is 4.27. The average Bonchev–Trinajstić information content (AvgIpc) is 3.18. The third kappa shape index (κ3) is 3.05. The third-order valence-electron chi connectivity index (χ3n) is 2.77. The van der Waals surface area contributed by atoms with Crippen molar-refractivity contribution in [2.45, 2.75) is 0 Å². The van der Waals surface area contributed by atoms with E-state index in [1.165, 1.54) is 12.1 Å². The summed E-state index contributed by atoms with van der Waals surface area (Å²) in [5.41, 5.74) is 1.36. The molecule has 0 saturated heterocycles. The summed E-state index contributed by atoms with van der Waals surface area (Å²) in [6, 6.07) is 7.88. The number of thiophene rings is 1. The van der Waals surface area contributed by atoms with Gasteiger partial charge in [0.15, 0.2) is 0 Å². The van der Waals surface area contributed by atoms with Crippen molar-refractivity contribution in [3.8, 4) is 11.5 Å². The number of nitro groups is 1. The van der Waals surface area contributed by atoms with Crippen molar-refractivity contribution in [2.75, 3.05) is 0 Å². The monoisotopic (exact) mass is 333 g/mol. The number of hydrogen-bond acceptors (Lipinski definition) is 6. The van der Waals surface area contributed by atoms with Gasteiger partial charge in [-0.1, -0.05) is 17.7 Å². The lowest BCUT2D eigenvalue weighted by molar-refractivity contribution is -0.384. The molecule has 2 heterocycles. The molecule has 3 aromatic rings. The van der Waals surface area contributed by atoms with Crippen LogP contribution in [-0.4, -0.2) is 15.1 Å². The highest BCUT2D eigenvalue weighted by Crippen LogP contribution is 2.27. The lowest BCUT2D eigenvalue weighted by atomic mass is 10.2. The summed E-state index contributed by atoms with van der Waals surface area (Å²) in [5.74, 6) is 0.338. The van der Waals surface area contributed by atoms with E-state index in [-0.39, 0.29) is 17.5 Å². The van der Waals surface area contributed by atoms with Gasteiger partial charge in [0.25, 0.3) is 11.6 Å². The van der Waals surface area contributed by atoms with Crippen LogP contribution in [0.3, 0.4) is 0 Å². The van der Waals surface area contributed by atoms with E-state index in [4.69, 9.17) is 16.0 Å². The molecule has 0 atom stereocenters. The average molecular weight is 334 g/mol. The number of nitrogens with zero attached hydrogens (tertiary/aromatic N) is 3. The second-order valence-corrected chi connectivity index (χ2v) is 5.46. The summed E-state index contributed by atoms with van der Waals surface area (Å²) < 4.78 is 5.47. The van der Waals surface area contributed by atoms with E-state index in [9.17, 15) is 10.1 Å². The fourth-order valence-electron chi connectivity index (χ4n) is 1.75. The van der Waals surface area contributed by atoms with Gasteiger partial charge in [-0.15, -0.1) is 10.2 Å². The topological polar surface area (TPSA) is 82.1 Å². The van der Waals surface area contributed by atoms with E-state index in [1.54, 1.807) is 29.5 Å². The van der Waals surface area contributed by atoms with Crippen LogP contribution in [0.4, 0.5) is 5.69 Å². The predicted octanol–water partition coefficient (Wildman–Crippen LogP) is 4.44. The van der Waals surface area contributed by atoms with Crippen molar-refractivity contribution < 1.29 is 9.34 Å². The first-order valence-electron chi connectivity index (χ1n) is 6.11. The Morgan fingerprint density at radius 2 is 2.23 bits per heavy atom. The molecule has 0 aliphatic rings. The molecule has 0 spiro atoms. The molecule has 2 aromatic heterocycles. The molecule has 0 radical (unpaired) electrons. The summed E-state index contributed by atoms with van der Waals surface area (Å²) in [4.78, 5) is 10.3. The Hall–Kier alpha value is -2.51. The first kappa shape index (κ1) is 14.4. The van der Waals surface area contributed by atoms with Crippen LogP contribution in [0.5, 0.6) is 0 Å². The van der Waals surface area contributed by atoms with Gasteiger partial charge in [-0.3, -0.25) is 10.1 Å². The van der Waals surface area contributed by atoms with Gasteiger partial charge in [0, 0.05) is 17.7 Å². The van der Waals surface area contributed by atoms with Crippen LogP contribution in [0.25, 0.3) is 22.6 Å². The van der Waals surface area contributed by atoms with Crippen LogP contribution >= 0.6 is 22.9 Å². The lowest BCUT2D eigenvalue weighted by Gasteiger charge is -1.95. The van der Waals surface area contributed by atoms with Crippen molar-refractivity contribution in [3.63, 3.8) is 0 Å². The molecule has 110 valence electrons. The van der Waals surface area contributed by atoms with Crippen LogP contribution in [0.2, 0.25) is 0 Å². The van der Waals surface area contributed by atoms with Gasteiger partial charge in [-0.05, 0) is 34.5 Å². The maximum absolute atomic E-state index is 10.8. The fourth-order valence-corrected chi connectivity index (χ4v) is 2.57. The van der Waals surface area contributed by atoms with Crippen LogP contribution in [-0.2, 0) is 0 Å². The Labute approximate surface area is 133 Å². The number of rotatable bonds is 4. The minimum atomic E-state index is -0.482.